The van der Waals surface area contributed by atoms with E-state index in [2.05, 4.69) is 10.3 Å². The van der Waals surface area contributed by atoms with Crippen LogP contribution in [0, 0.1) is 0 Å². The molecule has 1 aliphatic rings. The van der Waals surface area contributed by atoms with Gasteiger partial charge in [-0.2, -0.15) is 0 Å². The Kier molecular flexibility index (Phi) is 5.19. The molecule has 1 aliphatic heterocycles. The van der Waals surface area contributed by atoms with Crippen LogP contribution in [0.1, 0.15) is 49.5 Å². The van der Waals surface area contributed by atoms with Gasteiger partial charge in [-0.1, -0.05) is 6.92 Å². The van der Waals surface area contributed by atoms with Gasteiger partial charge >= 0.3 is 0 Å². The summed E-state index contributed by atoms with van der Waals surface area (Å²) >= 11 is 0. The molecule has 120 valence electrons. The van der Waals surface area contributed by atoms with Crippen LogP contribution in [-0.2, 0) is 9.59 Å². The lowest BCUT2D eigenvalue weighted by Gasteiger charge is -2.34. The molecule has 4 N–H and O–H groups in total. The van der Waals surface area contributed by atoms with Crippen LogP contribution in [-0.4, -0.2) is 40.2 Å². The molecule has 0 radical (unpaired) electrons. The number of rotatable bonds is 5. The smallest absolute Gasteiger partial charge is 0.265 e. The zero-order valence-electron chi connectivity index (χ0n) is 12.7. The Bertz CT molecular complexity index is 567. The van der Waals surface area contributed by atoms with E-state index in [0.29, 0.717) is 25.1 Å². The number of aromatic amines is 1. The van der Waals surface area contributed by atoms with Crippen molar-refractivity contribution in [3.05, 3.63) is 18.0 Å². The molecule has 2 heterocycles. The fourth-order valence-electron chi connectivity index (χ4n) is 2.69. The van der Waals surface area contributed by atoms with Gasteiger partial charge in [0.25, 0.3) is 5.91 Å². The van der Waals surface area contributed by atoms with E-state index in [1.165, 1.54) is 12.3 Å². The van der Waals surface area contributed by atoms with Gasteiger partial charge in [0, 0.05) is 19.2 Å². The summed E-state index contributed by atoms with van der Waals surface area (Å²) in [5.74, 6) is -0.786. The fourth-order valence-corrected chi connectivity index (χ4v) is 2.69. The summed E-state index contributed by atoms with van der Waals surface area (Å²) < 4.78 is 0. The molecule has 0 aromatic carbocycles. The number of hydrogen-bond acceptors (Lipinski definition) is 3. The fraction of sp³-hybridized carbons (Fsp3) is 0.533. The second kappa shape index (κ2) is 7.11. The summed E-state index contributed by atoms with van der Waals surface area (Å²) in [7, 11) is 0. The number of carbonyl (C=O) groups is 3. The Labute approximate surface area is 129 Å². The van der Waals surface area contributed by atoms with E-state index in [0.717, 1.165) is 19.3 Å². The van der Waals surface area contributed by atoms with Gasteiger partial charge < -0.3 is 20.9 Å². The summed E-state index contributed by atoms with van der Waals surface area (Å²) in [5, 5.41) is 2.74. The molecule has 22 heavy (non-hydrogen) atoms. The number of nitrogens with zero attached hydrogens (tertiary/aromatic N) is 1. The highest BCUT2D eigenvalue weighted by Gasteiger charge is 2.31. The first kappa shape index (κ1) is 16.1. The van der Waals surface area contributed by atoms with Crippen LogP contribution in [0.4, 0.5) is 5.69 Å². The van der Waals surface area contributed by atoms with E-state index >= 15 is 0 Å². The number of H-pyrrole nitrogens is 1. The molecular weight excluding hydrogens is 284 g/mol. The average Bonchev–Trinajstić information content (AvgIpc) is 2.96. The summed E-state index contributed by atoms with van der Waals surface area (Å²) in [6.45, 7) is 2.57. The van der Waals surface area contributed by atoms with Gasteiger partial charge in [0.2, 0.25) is 11.8 Å². The van der Waals surface area contributed by atoms with Gasteiger partial charge in [0.05, 0.1) is 5.69 Å². The highest BCUT2D eigenvalue weighted by atomic mass is 16.2. The summed E-state index contributed by atoms with van der Waals surface area (Å²) in [4.78, 5) is 40.0. The predicted octanol–water partition coefficient (Wildman–Crippen LogP) is 1.23. The standard InChI is InChI=1S/C15H22N4O3/c1-2-5-13(20)19-7-4-3-6-12(19)15(22)18-10-8-11(14(16)21)17-9-10/h8-9,12,17H,2-7H2,1H3,(H2,16,21)(H,18,22). The number of hydrogen-bond donors (Lipinski definition) is 3. The number of amides is 3. The van der Waals surface area contributed by atoms with Gasteiger partial charge in [-0.25, -0.2) is 0 Å². The molecule has 1 aromatic heterocycles. The first-order chi connectivity index (χ1) is 10.5. The number of carbonyl (C=O) groups excluding carboxylic acids is 3. The minimum Gasteiger partial charge on any atom is -0.364 e. The molecule has 1 aromatic rings. The Balaban J connectivity index is 2.04. The molecule has 3 amide bonds. The van der Waals surface area contributed by atoms with Crippen molar-refractivity contribution in [3.8, 4) is 0 Å². The third-order valence-corrected chi connectivity index (χ3v) is 3.81. The van der Waals surface area contributed by atoms with Crippen molar-refractivity contribution in [1.29, 1.82) is 0 Å². The van der Waals surface area contributed by atoms with Crippen molar-refractivity contribution in [3.63, 3.8) is 0 Å². The number of aromatic nitrogens is 1. The molecule has 0 bridgehead atoms. The lowest BCUT2D eigenvalue weighted by atomic mass is 10.0. The molecule has 0 aliphatic carbocycles. The molecule has 1 atom stereocenters. The lowest BCUT2D eigenvalue weighted by molar-refractivity contribution is -0.140. The van der Waals surface area contributed by atoms with Gasteiger partial charge in [-0.15, -0.1) is 0 Å². The van der Waals surface area contributed by atoms with Crippen molar-refractivity contribution in [1.82, 2.24) is 9.88 Å². The molecule has 1 unspecified atom stereocenters. The van der Waals surface area contributed by atoms with Crippen LogP contribution in [0.15, 0.2) is 12.3 Å². The third kappa shape index (κ3) is 3.66. The zero-order chi connectivity index (χ0) is 16.1. The lowest BCUT2D eigenvalue weighted by Crippen LogP contribution is -2.49. The normalized spacial score (nSPS) is 18.0. The van der Waals surface area contributed by atoms with Gasteiger partial charge in [-0.05, 0) is 31.7 Å². The number of primary amides is 1. The maximum absolute atomic E-state index is 12.4. The number of nitrogens with two attached hydrogens (primary N) is 1. The highest BCUT2D eigenvalue weighted by molar-refractivity contribution is 5.99. The molecule has 1 saturated heterocycles. The monoisotopic (exact) mass is 306 g/mol. The van der Waals surface area contributed by atoms with Crippen molar-refractivity contribution in [2.24, 2.45) is 5.73 Å². The Morgan fingerprint density at radius 3 is 2.82 bits per heavy atom. The third-order valence-electron chi connectivity index (χ3n) is 3.81. The molecule has 7 heteroatoms. The molecule has 0 spiro atoms. The average molecular weight is 306 g/mol. The predicted molar refractivity (Wildman–Crippen MR) is 82.2 cm³/mol. The maximum atomic E-state index is 12.4. The number of likely N-dealkylation sites (tertiary alicyclic amines) is 1. The quantitative estimate of drug-likeness (QED) is 0.761. The van der Waals surface area contributed by atoms with Gasteiger partial charge in [0.1, 0.15) is 11.7 Å². The second-order valence-electron chi connectivity index (χ2n) is 5.50. The Morgan fingerprint density at radius 1 is 1.41 bits per heavy atom. The van der Waals surface area contributed by atoms with Gasteiger partial charge in [0.15, 0.2) is 0 Å². The van der Waals surface area contributed by atoms with Crippen molar-refractivity contribution in [2.45, 2.75) is 45.1 Å². The van der Waals surface area contributed by atoms with E-state index in [-0.39, 0.29) is 17.5 Å². The topological polar surface area (TPSA) is 108 Å². The zero-order valence-corrected chi connectivity index (χ0v) is 12.7. The van der Waals surface area contributed by atoms with Crippen molar-refractivity contribution in [2.75, 3.05) is 11.9 Å². The maximum Gasteiger partial charge on any atom is 0.265 e. The van der Waals surface area contributed by atoms with E-state index < -0.39 is 11.9 Å². The number of anilines is 1. The number of piperidine rings is 1. The largest absolute Gasteiger partial charge is 0.364 e. The Morgan fingerprint density at radius 2 is 2.18 bits per heavy atom. The van der Waals surface area contributed by atoms with E-state index in [9.17, 15) is 14.4 Å². The minimum atomic E-state index is -0.585. The SMILES string of the molecule is CCCC(=O)N1CCCCC1C(=O)Nc1c[nH]c(C(N)=O)c1. The highest BCUT2D eigenvalue weighted by Crippen LogP contribution is 2.20. The summed E-state index contributed by atoms with van der Waals surface area (Å²) in [6.07, 6.45) is 5.25. The summed E-state index contributed by atoms with van der Waals surface area (Å²) in [6, 6.07) is 1.04. The molecule has 1 fully saturated rings. The van der Waals surface area contributed by atoms with Crippen LogP contribution >= 0.6 is 0 Å². The van der Waals surface area contributed by atoms with Crippen LogP contribution in [0.2, 0.25) is 0 Å². The van der Waals surface area contributed by atoms with E-state index in [4.69, 9.17) is 5.73 Å². The van der Waals surface area contributed by atoms with Crippen LogP contribution in [0.25, 0.3) is 0 Å². The summed E-state index contributed by atoms with van der Waals surface area (Å²) in [5.41, 5.74) is 5.87. The second-order valence-corrected chi connectivity index (χ2v) is 5.50. The van der Waals surface area contributed by atoms with E-state index in [1.807, 2.05) is 6.92 Å². The molecule has 0 saturated carbocycles. The Hall–Kier alpha value is -2.31. The van der Waals surface area contributed by atoms with E-state index in [1.54, 1.807) is 4.90 Å². The molecular formula is C15H22N4O3. The minimum absolute atomic E-state index is 0.0224. The van der Waals surface area contributed by atoms with Crippen LogP contribution in [0.5, 0.6) is 0 Å². The van der Waals surface area contributed by atoms with Crippen LogP contribution in [0.3, 0.4) is 0 Å². The first-order valence-corrected chi connectivity index (χ1v) is 7.61. The number of nitrogens with one attached hydrogen (secondary N) is 2. The van der Waals surface area contributed by atoms with Crippen molar-refractivity contribution < 1.29 is 14.4 Å². The van der Waals surface area contributed by atoms with Crippen LogP contribution < -0.4 is 11.1 Å². The van der Waals surface area contributed by atoms with Gasteiger partial charge in [-0.3, -0.25) is 14.4 Å². The first-order valence-electron chi connectivity index (χ1n) is 7.61. The molecule has 7 nitrogen and oxygen atoms in total. The molecule has 2 rings (SSSR count). The van der Waals surface area contributed by atoms with Crippen molar-refractivity contribution >= 4 is 23.4 Å².